The van der Waals surface area contributed by atoms with Crippen molar-refractivity contribution in [2.75, 3.05) is 26.2 Å². The zero-order chi connectivity index (χ0) is 32.5. The van der Waals surface area contributed by atoms with Crippen molar-refractivity contribution in [2.45, 2.75) is 90.1 Å². The first-order valence-electron chi connectivity index (χ1n) is 14.5. The van der Waals surface area contributed by atoms with Gasteiger partial charge >= 0.3 is 12.3 Å². The average Bonchev–Trinajstić information content (AvgIpc) is 3.29. The number of nitrogens with one attached hydrogen (secondary N) is 5. The maximum atomic E-state index is 13.4. The molecule has 13 nitrogen and oxygen atoms in total. The molecule has 2 fully saturated rings. The minimum Gasteiger partial charge on any atom is -0.465 e. The molecule has 244 valence electrons. The molecule has 2 aliphatic heterocycles. The van der Waals surface area contributed by atoms with Crippen molar-refractivity contribution in [1.29, 1.82) is 0 Å². The van der Waals surface area contributed by atoms with Gasteiger partial charge in [-0.25, -0.2) is 4.79 Å². The van der Waals surface area contributed by atoms with Crippen LogP contribution in [0.15, 0.2) is 0 Å². The SMILES string of the molecule is CC(C)CC(NC(=O)C(CN1CCC(C(F)(F)F)CC1)NC(=O)O)C(=O)NC(C[C@@H]1CCNC1=O)C(=O)C(=O)NC(C)C. The van der Waals surface area contributed by atoms with Gasteiger partial charge in [-0.1, -0.05) is 13.8 Å². The van der Waals surface area contributed by atoms with Crippen LogP contribution in [0, 0.1) is 17.8 Å². The van der Waals surface area contributed by atoms with E-state index in [0.29, 0.717) is 13.0 Å². The third-order valence-corrected chi connectivity index (χ3v) is 7.41. The number of hydrogen-bond donors (Lipinski definition) is 6. The number of piperidine rings is 1. The molecule has 43 heavy (non-hydrogen) atoms. The molecular weight excluding hydrogens is 577 g/mol. The summed E-state index contributed by atoms with van der Waals surface area (Å²) < 4.78 is 39.2. The Labute approximate surface area is 248 Å². The van der Waals surface area contributed by atoms with Crippen LogP contribution in [0.5, 0.6) is 0 Å². The van der Waals surface area contributed by atoms with Crippen molar-refractivity contribution in [1.82, 2.24) is 31.5 Å². The summed E-state index contributed by atoms with van der Waals surface area (Å²) in [6, 6.07) is -4.38. The van der Waals surface area contributed by atoms with Crippen LogP contribution in [0.25, 0.3) is 0 Å². The Morgan fingerprint density at radius 2 is 1.49 bits per heavy atom. The summed E-state index contributed by atoms with van der Waals surface area (Å²) in [7, 11) is 0. The van der Waals surface area contributed by atoms with Gasteiger partial charge in [0.2, 0.25) is 23.5 Å². The molecule has 2 aliphatic rings. The number of Topliss-reactive ketones (excluding diaryl/α,β-unsaturated/α-hetero) is 1. The second-order valence-electron chi connectivity index (χ2n) is 11.9. The number of rotatable bonds is 14. The summed E-state index contributed by atoms with van der Waals surface area (Å²) in [5.74, 6) is -6.14. The minimum absolute atomic E-state index is 0.00212. The quantitative estimate of drug-likeness (QED) is 0.152. The first-order chi connectivity index (χ1) is 20.0. The van der Waals surface area contributed by atoms with Crippen LogP contribution in [-0.2, 0) is 24.0 Å². The van der Waals surface area contributed by atoms with Gasteiger partial charge in [0.1, 0.15) is 12.1 Å². The van der Waals surface area contributed by atoms with Gasteiger partial charge in [0.15, 0.2) is 0 Å². The van der Waals surface area contributed by atoms with Gasteiger partial charge in [-0.15, -0.1) is 0 Å². The Morgan fingerprint density at radius 3 is 1.98 bits per heavy atom. The van der Waals surface area contributed by atoms with Crippen LogP contribution in [0.4, 0.5) is 18.0 Å². The molecule has 16 heteroatoms. The van der Waals surface area contributed by atoms with Crippen LogP contribution in [0.2, 0.25) is 0 Å². The van der Waals surface area contributed by atoms with E-state index in [-0.39, 0.29) is 63.2 Å². The second-order valence-corrected chi connectivity index (χ2v) is 11.9. The molecule has 0 spiro atoms. The number of halogens is 3. The largest absolute Gasteiger partial charge is 0.465 e. The summed E-state index contributed by atoms with van der Waals surface area (Å²) in [6.07, 6.45) is -5.91. The van der Waals surface area contributed by atoms with Crippen molar-refractivity contribution in [3.63, 3.8) is 0 Å². The maximum Gasteiger partial charge on any atom is 0.405 e. The lowest BCUT2D eigenvalue weighted by Gasteiger charge is -2.34. The zero-order valence-corrected chi connectivity index (χ0v) is 24.9. The number of carboxylic acid groups (broad SMARTS) is 1. The molecule has 2 heterocycles. The number of ketones is 1. The van der Waals surface area contributed by atoms with Gasteiger partial charge in [0.25, 0.3) is 5.91 Å². The smallest absolute Gasteiger partial charge is 0.405 e. The lowest BCUT2D eigenvalue weighted by atomic mass is 9.94. The monoisotopic (exact) mass is 620 g/mol. The van der Waals surface area contributed by atoms with E-state index in [1.165, 1.54) is 0 Å². The van der Waals surface area contributed by atoms with Gasteiger partial charge in [0, 0.05) is 25.0 Å². The second kappa shape index (κ2) is 15.9. The summed E-state index contributed by atoms with van der Waals surface area (Å²) in [6.45, 7) is 7.01. The van der Waals surface area contributed by atoms with Gasteiger partial charge in [0.05, 0.1) is 12.0 Å². The fourth-order valence-electron chi connectivity index (χ4n) is 5.17. The summed E-state index contributed by atoms with van der Waals surface area (Å²) >= 11 is 0. The van der Waals surface area contributed by atoms with E-state index < -0.39 is 65.7 Å². The number of carbonyl (C=O) groups is 6. The first-order valence-corrected chi connectivity index (χ1v) is 14.5. The molecule has 0 aliphatic carbocycles. The maximum absolute atomic E-state index is 13.4. The topological polar surface area (TPSA) is 186 Å². The molecule has 6 N–H and O–H groups in total. The van der Waals surface area contributed by atoms with Crippen molar-refractivity contribution in [2.24, 2.45) is 17.8 Å². The highest BCUT2D eigenvalue weighted by Crippen LogP contribution is 2.34. The predicted molar refractivity (Wildman–Crippen MR) is 148 cm³/mol. The van der Waals surface area contributed by atoms with Crippen molar-refractivity contribution < 1.29 is 47.0 Å². The van der Waals surface area contributed by atoms with Gasteiger partial charge in [-0.05, 0) is 65.0 Å². The molecule has 0 saturated carbocycles. The normalized spacial score (nSPS) is 20.2. The molecule has 5 amide bonds. The zero-order valence-electron chi connectivity index (χ0n) is 24.9. The fraction of sp³-hybridized carbons (Fsp3) is 0.778. The molecule has 4 atom stereocenters. The number of amides is 5. The summed E-state index contributed by atoms with van der Waals surface area (Å²) in [4.78, 5) is 77.4. The van der Waals surface area contributed by atoms with E-state index in [0.717, 1.165) is 0 Å². The van der Waals surface area contributed by atoms with Crippen LogP contribution in [-0.4, -0.2) is 102 Å². The highest BCUT2D eigenvalue weighted by Gasteiger charge is 2.42. The Morgan fingerprint density at radius 1 is 0.907 bits per heavy atom. The lowest BCUT2D eigenvalue weighted by Crippen LogP contribution is -2.59. The number of carbonyl (C=O) groups excluding carboxylic acids is 5. The molecule has 0 bridgehead atoms. The molecule has 2 saturated heterocycles. The third-order valence-electron chi connectivity index (χ3n) is 7.41. The predicted octanol–water partition coefficient (Wildman–Crippen LogP) is 0.533. The Balaban J connectivity index is 2.18. The third kappa shape index (κ3) is 11.6. The number of nitrogens with zero attached hydrogens (tertiary/aromatic N) is 1. The molecule has 3 unspecified atom stereocenters. The standard InChI is InChI=1S/C27H43F3N6O7/c1-14(2)11-19(23(39)33-18(12-16-5-8-31-22(16)38)21(37)25(41)32-15(3)4)34-24(40)20(35-26(42)43)13-36-9-6-17(7-10-36)27(28,29)30/h14-20,35H,5-13H2,1-4H3,(H,31,38)(H,32,41)(H,33,39)(H,34,40)(H,42,43)/t16-,18?,19?,20?/m0/s1. The van der Waals surface area contributed by atoms with E-state index in [1.54, 1.807) is 32.6 Å². The first kappa shape index (κ1) is 35.8. The molecule has 0 radical (unpaired) electrons. The average molecular weight is 621 g/mol. The van der Waals surface area contributed by atoms with Crippen molar-refractivity contribution in [3.8, 4) is 0 Å². The Bertz CT molecular complexity index is 1030. The molecule has 0 aromatic rings. The molecule has 0 aromatic heterocycles. The van der Waals surface area contributed by atoms with Crippen molar-refractivity contribution in [3.05, 3.63) is 0 Å². The van der Waals surface area contributed by atoms with E-state index in [1.807, 2.05) is 0 Å². The molecular formula is C27H43F3N6O7. The summed E-state index contributed by atoms with van der Waals surface area (Å²) in [5.41, 5.74) is 0. The highest BCUT2D eigenvalue weighted by atomic mass is 19.4. The lowest BCUT2D eigenvalue weighted by molar-refractivity contribution is -0.185. The van der Waals surface area contributed by atoms with Crippen LogP contribution < -0.4 is 26.6 Å². The Kier molecular flexibility index (Phi) is 13.2. The van der Waals surface area contributed by atoms with Gasteiger partial charge in [-0.3, -0.25) is 24.0 Å². The van der Waals surface area contributed by atoms with Gasteiger partial charge in [-0.2, -0.15) is 13.2 Å². The Hall–Kier alpha value is -3.43. The minimum atomic E-state index is -4.34. The van der Waals surface area contributed by atoms with Crippen LogP contribution in [0.3, 0.4) is 0 Å². The van der Waals surface area contributed by atoms with E-state index in [2.05, 4.69) is 26.6 Å². The van der Waals surface area contributed by atoms with Crippen molar-refractivity contribution >= 4 is 35.5 Å². The van der Waals surface area contributed by atoms with E-state index >= 15 is 0 Å². The highest BCUT2D eigenvalue weighted by molar-refractivity contribution is 6.38. The number of alkyl halides is 3. The van der Waals surface area contributed by atoms with Crippen LogP contribution in [0.1, 0.15) is 59.8 Å². The molecule has 0 aromatic carbocycles. The number of likely N-dealkylation sites (tertiary alicyclic amines) is 1. The van der Waals surface area contributed by atoms with Crippen LogP contribution >= 0.6 is 0 Å². The number of hydrogen-bond acceptors (Lipinski definition) is 7. The summed E-state index contributed by atoms with van der Waals surface area (Å²) in [5, 5.41) is 21.5. The van der Waals surface area contributed by atoms with E-state index in [4.69, 9.17) is 0 Å². The molecule has 2 rings (SSSR count). The van der Waals surface area contributed by atoms with E-state index in [9.17, 15) is 47.0 Å². The van der Waals surface area contributed by atoms with Gasteiger partial charge < -0.3 is 36.6 Å². The fourth-order valence-corrected chi connectivity index (χ4v) is 5.17.